The number of aromatic nitrogens is 4. The zero-order chi connectivity index (χ0) is 20.2. The largest absolute Gasteiger partial charge is 0.493 e. The molecule has 1 aliphatic rings. The van der Waals surface area contributed by atoms with E-state index in [1.165, 1.54) is 0 Å². The van der Waals surface area contributed by atoms with Gasteiger partial charge in [-0.2, -0.15) is 9.97 Å². The molecule has 1 fully saturated rings. The predicted molar refractivity (Wildman–Crippen MR) is 114 cm³/mol. The van der Waals surface area contributed by atoms with Gasteiger partial charge in [0.1, 0.15) is 0 Å². The van der Waals surface area contributed by atoms with Crippen LogP contribution in [0.3, 0.4) is 0 Å². The van der Waals surface area contributed by atoms with Crippen LogP contribution in [0, 0.1) is 0 Å². The summed E-state index contributed by atoms with van der Waals surface area (Å²) in [4.78, 5) is 19.1. The van der Waals surface area contributed by atoms with Crippen LogP contribution in [0.4, 0.5) is 11.8 Å². The van der Waals surface area contributed by atoms with Crippen molar-refractivity contribution < 1.29 is 14.2 Å². The molecular weight excluding hydrogens is 440 g/mol. The van der Waals surface area contributed by atoms with Crippen LogP contribution in [-0.2, 0) is 11.2 Å². The number of nitrogens with one attached hydrogen (secondary N) is 2. The standard InChI is InChI=1S/C19H23BrN6O3/c1-27-13-4-3-12(11-14(13)28-2)5-6-21-19-24-16-15(22-18(20)23-16)17(25-19)26-7-9-29-10-8-26/h3-4,11H,5-10H2,1-2H3,(H2,21,22,23,24,25). The molecule has 0 saturated carbocycles. The first-order valence-electron chi connectivity index (χ1n) is 9.38. The molecular formula is C19H23BrN6O3. The van der Waals surface area contributed by atoms with E-state index in [1.54, 1.807) is 14.2 Å². The zero-order valence-corrected chi connectivity index (χ0v) is 18.0. The van der Waals surface area contributed by atoms with Crippen molar-refractivity contribution in [3.05, 3.63) is 28.5 Å². The molecule has 4 rings (SSSR count). The van der Waals surface area contributed by atoms with E-state index in [-0.39, 0.29) is 0 Å². The van der Waals surface area contributed by atoms with E-state index in [2.05, 4.69) is 41.1 Å². The van der Waals surface area contributed by atoms with Gasteiger partial charge in [-0.15, -0.1) is 0 Å². The third kappa shape index (κ3) is 4.38. The highest BCUT2D eigenvalue weighted by Crippen LogP contribution is 2.28. The third-order valence-electron chi connectivity index (χ3n) is 4.75. The molecule has 3 aromatic rings. The van der Waals surface area contributed by atoms with Gasteiger partial charge in [-0.1, -0.05) is 6.07 Å². The van der Waals surface area contributed by atoms with Crippen LogP contribution in [0.2, 0.25) is 0 Å². The lowest BCUT2D eigenvalue weighted by Gasteiger charge is -2.28. The Morgan fingerprint density at radius 2 is 1.93 bits per heavy atom. The summed E-state index contributed by atoms with van der Waals surface area (Å²) in [5.74, 6) is 2.82. The highest BCUT2D eigenvalue weighted by molar-refractivity contribution is 9.10. The minimum Gasteiger partial charge on any atom is -0.493 e. The molecule has 2 N–H and O–H groups in total. The van der Waals surface area contributed by atoms with Gasteiger partial charge >= 0.3 is 0 Å². The highest BCUT2D eigenvalue weighted by Gasteiger charge is 2.20. The van der Waals surface area contributed by atoms with Gasteiger partial charge in [0.2, 0.25) is 5.95 Å². The summed E-state index contributed by atoms with van der Waals surface area (Å²) in [7, 11) is 3.27. The lowest BCUT2D eigenvalue weighted by Crippen LogP contribution is -2.37. The van der Waals surface area contributed by atoms with E-state index in [1.807, 2.05) is 18.2 Å². The number of morpholine rings is 1. The van der Waals surface area contributed by atoms with Crippen molar-refractivity contribution in [2.75, 3.05) is 57.3 Å². The second-order valence-corrected chi connectivity index (χ2v) is 7.31. The van der Waals surface area contributed by atoms with Gasteiger partial charge < -0.3 is 29.4 Å². The van der Waals surface area contributed by atoms with Crippen molar-refractivity contribution in [2.24, 2.45) is 0 Å². The number of hydrogen-bond donors (Lipinski definition) is 2. The first-order chi connectivity index (χ1) is 14.2. The van der Waals surface area contributed by atoms with Crippen LogP contribution in [0.5, 0.6) is 11.5 Å². The van der Waals surface area contributed by atoms with Crippen LogP contribution >= 0.6 is 15.9 Å². The molecule has 0 radical (unpaired) electrons. The molecule has 9 nitrogen and oxygen atoms in total. The normalized spacial score (nSPS) is 14.2. The highest BCUT2D eigenvalue weighted by atomic mass is 79.9. The third-order valence-corrected chi connectivity index (χ3v) is 5.13. The van der Waals surface area contributed by atoms with Crippen LogP contribution in [0.1, 0.15) is 5.56 Å². The fraction of sp³-hybridized carbons (Fsp3) is 0.421. The number of imidazole rings is 1. The zero-order valence-electron chi connectivity index (χ0n) is 16.4. The summed E-state index contributed by atoms with van der Waals surface area (Å²) in [5, 5.41) is 3.32. The summed E-state index contributed by atoms with van der Waals surface area (Å²) in [5.41, 5.74) is 2.58. The Bertz CT molecular complexity index is 989. The molecule has 3 heterocycles. The second-order valence-electron chi connectivity index (χ2n) is 6.56. The molecule has 0 unspecified atom stereocenters. The number of nitrogens with zero attached hydrogens (tertiary/aromatic N) is 4. The Balaban J connectivity index is 1.50. The van der Waals surface area contributed by atoms with Crippen molar-refractivity contribution in [3.8, 4) is 11.5 Å². The van der Waals surface area contributed by atoms with Gasteiger partial charge in [-0.05, 0) is 40.0 Å². The summed E-state index contributed by atoms with van der Waals surface area (Å²) >= 11 is 3.40. The van der Waals surface area contributed by atoms with Gasteiger partial charge in [0.15, 0.2) is 33.2 Å². The van der Waals surface area contributed by atoms with Crippen LogP contribution in [-0.4, -0.2) is 67.0 Å². The van der Waals surface area contributed by atoms with E-state index in [9.17, 15) is 0 Å². The number of aromatic amines is 1. The molecule has 0 aliphatic carbocycles. The van der Waals surface area contributed by atoms with Crippen molar-refractivity contribution in [3.63, 3.8) is 0 Å². The van der Waals surface area contributed by atoms with E-state index in [4.69, 9.17) is 19.2 Å². The number of hydrogen-bond acceptors (Lipinski definition) is 8. The maximum Gasteiger partial charge on any atom is 0.226 e. The number of anilines is 2. The topological polar surface area (TPSA) is 97.4 Å². The summed E-state index contributed by atoms with van der Waals surface area (Å²) in [6, 6.07) is 5.92. The Morgan fingerprint density at radius 3 is 2.69 bits per heavy atom. The minimum absolute atomic E-state index is 0.565. The Morgan fingerprint density at radius 1 is 1.14 bits per heavy atom. The number of fused-ring (bicyclic) bond motifs is 1. The van der Waals surface area contributed by atoms with Crippen molar-refractivity contribution in [1.82, 2.24) is 19.9 Å². The molecule has 1 saturated heterocycles. The lowest BCUT2D eigenvalue weighted by atomic mass is 10.1. The lowest BCUT2D eigenvalue weighted by molar-refractivity contribution is 0.122. The van der Waals surface area contributed by atoms with Gasteiger partial charge in [-0.3, -0.25) is 0 Å². The molecule has 1 aromatic carbocycles. The van der Waals surface area contributed by atoms with Gasteiger partial charge in [0, 0.05) is 19.6 Å². The molecule has 10 heteroatoms. The Labute approximate surface area is 176 Å². The van der Waals surface area contributed by atoms with Gasteiger partial charge in [0.25, 0.3) is 0 Å². The number of H-pyrrole nitrogens is 1. The molecule has 0 spiro atoms. The van der Waals surface area contributed by atoms with Crippen LogP contribution in [0.15, 0.2) is 22.9 Å². The average molecular weight is 463 g/mol. The SMILES string of the molecule is COc1ccc(CCNc2nc(N3CCOCC3)c3nc(Br)[nH]c3n2)cc1OC. The van der Waals surface area contributed by atoms with Gasteiger partial charge in [0.05, 0.1) is 27.4 Å². The average Bonchev–Trinajstić information content (AvgIpc) is 3.13. The molecule has 0 bridgehead atoms. The van der Waals surface area contributed by atoms with Crippen LogP contribution < -0.4 is 19.7 Å². The van der Waals surface area contributed by atoms with Crippen LogP contribution in [0.25, 0.3) is 11.2 Å². The number of ether oxygens (including phenoxy) is 3. The number of halogens is 1. The number of methoxy groups -OCH3 is 2. The molecule has 154 valence electrons. The second kappa shape index (κ2) is 8.83. The predicted octanol–water partition coefficient (Wildman–Crippen LogP) is 2.62. The van der Waals surface area contributed by atoms with E-state index in [0.29, 0.717) is 36.1 Å². The fourth-order valence-corrected chi connectivity index (χ4v) is 3.65. The summed E-state index contributed by atoms with van der Waals surface area (Å²) in [6.45, 7) is 3.60. The monoisotopic (exact) mass is 462 g/mol. The molecule has 2 aromatic heterocycles. The summed E-state index contributed by atoms with van der Waals surface area (Å²) < 4.78 is 16.8. The van der Waals surface area contributed by atoms with Gasteiger partial charge in [-0.25, -0.2) is 4.98 Å². The maximum absolute atomic E-state index is 5.46. The quantitative estimate of drug-likeness (QED) is 0.517. The minimum atomic E-state index is 0.565. The number of rotatable bonds is 7. The van der Waals surface area contributed by atoms with E-state index >= 15 is 0 Å². The summed E-state index contributed by atoms with van der Waals surface area (Å²) in [6.07, 6.45) is 0.793. The first-order valence-corrected chi connectivity index (χ1v) is 10.2. The van der Waals surface area contributed by atoms with E-state index < -0.39 is 0 Å². The first kappa shape index (κ1) is 19.7. The molecule has 29 heavy (non-hydrogen) atoms. The molecule has 0 atom stereocenters. The molecule has 0 amide bonds. The van der Waals surface area contributed by atoms with Crippen molar-refractivity contribution in [2.45, 2.75) is 6.42 Å². The Hall–Kier alpha value is -2.59. The van der Waals surface area contributed by atoms with Crippen molar-refractivity contribution >= 4 is 38.9 Å². The molecule has 1 aliphatic heterocycles. The number of benzene rings is 1. The van der Waals surface area contributed by atoms with Crippen molar-refractivity contribution in [1.29, 1.82) is 0 Å². The Kier molecular flexibility index (Phi) is 6.00. The van der Waals surface area contributed by atoms with E-state index in [0.717, 1.165) is 47.9 Å². The smallest absolute Gasteiger partial charge is 0.226 e. The fourth-order valence-electron chi connectivity index (χ4n) is 3.29. The maximum atomic E-state index is 5.46.